The van der Waals surface area contributed by atoms with E-state index in [-0.39, 0.29) is 11.8 Å². The van der Waals surface area contributed by atoms with Crippen molar-refractivity contribution in [3.63, 3.8) is 0 Å². The van der Waals surface area contributed by atoms with E-state index in [1.165, 1.54) is 0 Å². The lowest BCUT2D eigenvalue weighted by atomic mass is 10.0. The standard InChI is InChI=1S/C23H28BrN5O2/c1-4-28(5-2)9-10-29-8-6-7-18-20(23(29)31)14(3)19(26-18)12-17-16-11-15(24)13-25-21(16)27-22(17)30/h11-13,26H,4-10H2,1-3H3,(H,25,27,30)/b17-12-. The number of H-pyrrole nitrogens is 1. The van der Waals surface area contributed by atoms with Crippen LogP contribution in [0, 0.1) is 6.92 Å². The van der Waals surface area contributed by atoms with Gasteiger partial charge in [0.25, 0.3) is 11.8 Å². The number of likely N-dealkylation sites (N-methyl/N-ethyl adjacent to an activating group) is 1. The molecule has 164 valence electrons. The quantitative estimate of drug-likeness (QED) is 0.611. The Morgan fingerprint density at radius 2 is 2.06 bits per heavy atom. The summed E-state index contributed by atoms with van der Waals surface area (Å²) >= 11 is 3.43. The Balaban J connectivity index is 1.65. The predicted octanol–water partition coefficient (Wildman–Crippen LogP) is 3.70. The maximum Gasteiger partial charge on any atom is 0.257 e. The number of aromatic amines is 1. The highest BCUT2D eigenvalue weighted by molar-refractivity contribution is 9.10. The van der Waals surface area contributed by atoms with Gasteiger partial charge in [0.05, 0.1) is 11.1 Å². The van der Waals surface area contributed by atoms with Crippen LogP contribution in [0.5, 0.6) is 0 Å². The topological polar surface area (TPSA) is 81.3 Å². The van der Waals surface area contributed by atoms with Gasteiger partial charge in [0.2, 0.25) is 0 Å². The van der Waals surface area contributed by atoms with Crippen LogP contribution in [0.1, 0.15) is 53.1 Å². The van der Waals surface area contributed by atoms with Crippen LogP contribution in [0.2, 0.25) is 0 Å². The third-order valence-corrected chi connectivity index (χ3v) is 6.65. The van der Waals surface area contributed by atoms with Crippen molar-refractivity contribution in [2.75, 3.05) is 38.0 Å². The summed E-state index contributed by atoms with van der Waals surface area (Å²) in [5, 5.41) is 2.81. The molecule has 0 atom stereocenters. The number of aromatic nitrogens is 2. The lowest BCUT2D eigenvalue weighted by molar-refractivity contribution is -0.110. The van der Waals surface area contributed by atoms with Crippen LogP contribution in [0.4, 0.5) is 5.82 Å². The minimum absolute atomic E-state index is 0.0822. The second kappa shape index (κ2) is 8.96. The molecule has 0 aromatic carbocycles. The smallest absolute Gasteiger partial charge is 0.257 e. The summed E-state index contributed by atoms with van der Waals surface area (Å²) in [7, 11) is 0. The summed E-state index contributed by atoms with van der Waals surface area (Å²) in [6.45, 7) is 10.6. The van der Waals surface area contributed by atoms with Gasteiger partial charge in [-0.15, -0.1) is 0 Å². The second-order valence-electron chi connectivity index (χ2n) is 8.00. The first-order valence-electron chi connectivity index (χ1n) is 10.8. The van der Waals surface area contributed by atoms with Crippen LogP contribution >= 0.6 is 15.9 Å². The predicted molar refractivity (Wildman–Crippen MR) is 126 cm³/mol. The first kappa shape index (κ1) is 21.8. The molecule has 0 radical (unpaired) electrons. The fourth-order valence-electron chi connectivity index (χ4n) is 4.35. The Morgan fingerprint density at radius 1 is 1.29 bits per heavy atom. The van der Waals surface area contributed by atoms with Crippen molar-refractivity contribution in [3.8, 4) is 0 Å². The number of amides is 2. The largest absolute Gasteiger partial charge is 0.358 e. The number of anilines is 1. The van der Waals surface area contributed by atoms with Gasteiger partial charge in [-0.1, -0.05) is 13.8 Å². The van der Waals surface area contributed by atoms with E-state index in [2.05, 4.69) is 50.0 Å². The zero-order valence-corrected chi connectivity index (χ0v) is 19.8. The number of nitrogens with one attached hydrogen (secondary N) is 2. The minimum atomic E-state index is -0.183. The summed E-state index contributed by atoms with van der Waals surface area (Å²) in [5.41, 5.74) is 4.74. The highest BCUT2D eigenvalue weighted by atomic mass is 79.9. The molecule has 8 heteroatoms. The van der Waals surface area contributed by atoms with E-state index < -0.39 is 0 Å². The van der Waals surface area contributed by atoms with Crippen LogP contribution in [-0.2, 0) is 11.2 Å². The molecule has 0 spiro atoms. The van der Waals surface area contributed by atoms with Crippen molar-refractivity contribution in [1.29, 1.82) is 0 Å². The molecule has 2 aliphatic rings. The Morgan fingerprint density at radius 3 is 2.81 bits per heavy atom. The average Bonchev–Trinajstić information content (AvgIpc) is 3.17. The summed E-state index contributed by atoms with van der Waals surface area (Å²) in [4.78, 5) is 37.9. The molecule has 0 bridgehead atoms. The molecule has 2 aromatic heterocycles. The highest BCUT2D eigenvalue weighted by Crippen LogP contribution is 2.34. The number of fused-ring (bicyclic) bond motifs is 2. The van der Waals surface area contributed by atoms with Crippen molar-refractivity contribution in [2.45, 2.75) is 33.6 Å². The molecule has 0 fully saturated rings. The molecule has 31 heavy (non-hydrogen) atoms. The van der Waals surface area contributed by atoms with Crippen molar-refractivity contribution in [1.82, 2.24) is 19.8 Å². The van der Waals surface area contributed by atoms with E-state index in [4.69, 9.17) is 0 Å². The fourth-order valence-corrected chi connectivity index (χ4v) is 4.68. The molecule has 0 aliphatic carbocycles. The monoisotopic (exact) mass is 485 g/mol. The molecule has 7 nitrogen and oxygen atoms in total. The highest BCUT2D eigenvalue weighted by Gasteiger charge is 2.29. The number of nitrogens with zero attached hydrogens (tertiary/aromatic N) is 3. The van der Waals surface area contributed by atoms with Crippen molar-refractivity contribution in [3.05, 3.63) is 44.8 Å². The Bertz CT molecular complexity index is 1050. The molecular weight excluding hydrogens is 458 g/mol. The van der Waals surface area contributed by atoms with Crippen LogP contribution in [-0.4, -0.2) is 64.3 Å². The Labute approximate surface area is 191 Å². The molecule has 0 saturated heterocycles. The molecule has 2 N–H and O–H groups in total. The molecule has 0 saturated carbocycles. The third kappa shape index (κ3) is 4.19. The number of carbonyl (C=O) groups excluding carboxylic acids is 2. The lowest BCUT2D eigenvalue weighted by Gasteiger charge is -2.25. The molecule has 0 unspecified atom stereocenters. The number of carbonyl (C=O) groups is 2. The van der Waals surface area contributed by atoms with Gasteiger partial charge in [-0.3, -0.25) is 9.59 Å². The van der Waals surface area contributed by atoms with E-state index in [0.29, 0.717) is 11.4 Å². The average molecular weight is 486 g/mol. The van der Waals surface area contributed by atoms with E-state index in [0.717, 1.165) is 78.1 Å². The van der Waals surface area contributed by atoms with Gasteiger partial charge in [0, 0.05) is 47.3 Å². The first-order chi connectivity index (χ1) is 14.9. The Kier molecular flexibility index (Phi) is 6.29. The lowest BCUT2D eigenvalue weighted by Crippen LogP contribution is -2.38. The summed E-state index contributed by atoms with van der Waals surface area (Å²) in [6, 6.07) is 1.88. The summed E-state index contributed by atoms with van der Waals surface area (Å²) < 4.78 is 0.812. The number of aryl methyl sites for hydroxylation is 1. The number of rotatable bonds is 6. The number of hydrogen-bond donors (Lipinski definition) is 2. The molecule has 4 rings (SSSR count). The van der Waals surface area contributed by atoms with Gasteiger partial charge in [0.1, 0.15) is 5.82 Å². The van der Waals surface area contributed by atoms with Crippen molar-refractivity contribution >= 4 is 45.2 Å². The first-order valence-corrected chi connectivity index (χ1v) is 11.6. The molecule has 2 aliphatic heterocycles. The zero-order chi connectivity index (χ0) is 22.1. The molecule has 4 heterocycles. The Hall–Kier alpha value is -2.45. The minimum Gasteiger partial charge on any atom is -0.358 e. The van der Waals surface area contributed by atoms with E-state index in [9.17, 15) is 9.59 Å². The van der Waals surface area contributed by atoms with Crippen LogP contribution in [0.15, 0.2) is 16.7 Å². The third-order valence-electron chi connectivity index (χ3n) is 6.21. The second-order valence-corrected chi connectivity index (χ2v) is 8.92. The van der Waals surface area contributed by atoms with Crippen LogP contribution in [0.25, 0.3) is 11.6 Å². The maximum absolute atomic E-state index is 13.4. The van der Waals surface area contributed by atoms with Crippen molar-refractivity contribution < 1.29 is 9.59 Å². The van der Waals surface area contributed by atoms with E-state index >= 15 is 0 Å². The number of hydrogen-bond acceptors (Lipinski definition) is 4. The number of halogens is 1. The van der Waals surface area contributed by atoms with Crippen LogP contribution < -0.4 is 5.32 Å². The SMILES string of the molecule is CCN(CC)CCN1CCCc2[nH]c(/C=C3\C(=O)Nc4ncc(Br)cc43)c(C)c2C1=O. The van der Waals surface area contributed by atoms with Crippen LogP contribution in [0.3, 0.4) is 0 Å². The van der Waals surface area contributed by atoms with Gasteiger partial charge >= 0.3 is 0 Å². The van der Waals surface area contributed by atoms with E-state index in [1.807, 2.05) is 24.0 Å². The van der Waals surface area contributed by atoms with Gasteiger partial charge < -0.3 is 20.1 Å². The normalized spacial score (nSPS) is 17.2. The van der Waals surface area contributed by atoms with Gasteiger partial charge in [0.15, 0.2) is 0 Å². The van der Waals surface area contributed by atoms with Gasteiger partial charge in [-0.25, -0.2) is 4.98 Å². The molecular formula is C23H28BrN5O2. The zero-order valence-electron chi connectivity index (χ0n) is 18.2. The molecule has 2 aromatic rings. The summed E-state index contributed by atoms with van der Waals surface area (Å²) in [5.74, 6) is 0.458. The van der Waals surface area contributed by atoms with Gasteiger partial charge in [-0.05, 0) is 66.5 Å². The van der Waals surface area contributed by atoms with E-state index in [1.54, 1.807) is 6.20 Å². The fraction of sp³-hybridized carbons (Fsp3) is 0.435. The maximum atomic E-state index is 13.4. The van der Waals surface area contributed by atoms with Gasteiger partial charge in [-0.2, -0.15) is 0 Å². The molecule has 2 amide bonds. The number of pyridine rings is 1. The van der Waals surface area contributed by atoms with Crippen molar-refractivity contribution in [2.24, 2.45) is 0 Å². The summed E-state index contributed by atoms with van der Waals surface area (Å²) in [6.07, 6.45) is 5.25.